The second-order valence-electron chi connectivity index (χ2n) is 16.3. The summed E-state index contributed by atoms with van der Waals surface area (Å²) < 4.78 is 17.3. The molecular weight excluding hydrogens is 727 g/mol. The summed E-state index contributed by atoms with van der Waals surface area (Å²) >= 11 is 0. The van der Waals surface area contributed by atoms with Gasteiger partial charge in [0, 0.05) is 70.0 Å². The lowest BCUT2D eigenvalue weighted by Gasteiger charge is -2.42. The first kappa shape index (κ1) is 42.3. The highest BCUT2D eigenvalue weighted by atomic mass is 16.6. The Labute approximate surface area is 338 Å². The molecule has 3 fully saturated rings. The fourth-order valence-corrected chi connectivity index (χ4v) is 8.86. The minimum Gasteiger partial charge on any atom is -0.507 e. The Morgan fingerprint density at radius 2 is 1.51 bits per heavy atom. The number of carbonyl (C=O) groups is 4. The predicted octanol–water partition coefficient (Wildman–Crippen LogP) is 6.21. The lowest BCUT2D eigenvalue weighted by Crippen LogP contribution is -2.53. The minimum absolute atomic E-state index is 0.000772. The first-order valence-electron chi connectivity index (χ1n) is 21.3. The van der Waals surface area contributed by atoms with Crippen molar-refractivity contribution in [3.05, 3.63) is 58.7 Å². The number of para-hydroxylation sites is 1. The predicted molar refractivity (Wildman–Crippen MR) is 217 cm³/mol. The van der Waals surface area contributed by atoms with Gasteiger partial charge < -0.3 is 44.2 Å². The number of nitrogens with one attached hydrogen (secondary N) is 1. The molecule has 13 heteroatoms. The number of urea groups is 1. The first-order valence-corrected chi connectivity index (χ1v) is 21.3. The number of hydrogen-bond acceptors (Lipinski definition) is 9. The van der Waals surface area contributed by atoms with E-state index in [1.165, 1.54) is 0 Å². The number of aromatic hydroxyl groups is 1. The first-order chi connectivity index (χ1) is 27.6. The van der Waals surface area contributed by atoms with Gasteiger partial charge in [0.2, 0.25) is 0 Å². The maximum Gasteiger partial charge on any atom is 0.410 e. The van der Waals surface area contributed by atoms with Crippen LogP contribution in [0.25, 0.3) is 0 Å². The van der Waals surface area contributed by atoms with Gasteiger partial charge in [-0.1, -0.05) is 56.5 Å². The Morgan fingerprint density at radius 1 is 0.842 bits per heavy atom. The number of esters is 1. The number of aryl methyl sites for hydroxylation is 2. The molecular formula is C44H63N5O8. The van der Waals surface area contributed by atoms with Crippen LogP contribution in [0.1, 0.15) is 93.4 Å². The number of amides is 4. The molecule has 57 heavy (non-hydrogen) atoms. The van der Waals surface area contributed by atoms with Crippen LogP contribution in [0.15, 0.2) is 36.4 Å². The molecule has 4 aliphatic rings. The largest absolute Gasteiger partial charge is 0.507 e. The van der Waals surface area contributed by atoms with E-state index in [1.54, 1.807) is 4.90 Å². The molecule has 0 unspecified atom stereocenters. The lowest BCUT2D eigenvalue weighted by molar-refractivity contribution is -0.152. The van der Waals surface area contributed by atoms with Gasteiger partial charge in [-0.2, -0.15) is 0 Å². The Balaban J connectivity index is 0.990. The Morgan fingerprint density at radius 3 is 2.21 bits per heavy atom. The number of ether oxygens (including phenoxy) is 3. The fourth-order valence-electron chi connectivity index (χ4n) is 8.86. The van der Waals surface area contributed by atoms with Gasteiger partial charge in [-0.25, -0.2) is 14.4 Å². The number of hydrogen-bond donors (Lipinski definition) is 2. The van der Waals surface area contributed by atoms with Gasteiger partial charge in [0.25, 0.3) is 5.91 Å². The molecule has 1 atom stereocenters. The number of benzene rings is 2. The van der Waals surface area contributed by atoms with Crippen LogP contribution in [0.4, 0.5) is 15.3 Å². The molecule has 6 rings (SSSR count). The molecule has 0 aliphatic carbocycles. The van der Waals surface area contributed by atoms with Crippen molar-refractivity contribution in [2.75, 3.05) is 64.3 Å². The number of phenolic OH excluding ortho intramolecular Hbond substituents is 1. The van der Waals surface area contributed by atoms with Crippen LogP contribution in [0, 0.1) is 13.8 Å². The van der Waals surface area contributed by atoms with E-state index in [0.29, 0.717) is 69.3 Å². The summed E-state index contributed by atoms with van der Waals surface area (Å²) in [6, 6.07) is 11.8. The van der Waals surface area contributed by atoms with Gasteiger partial charge in [0.05, 0.1) is 12.7 Å². The van der Waals surface area contributed by atoms with Crippen molar-refractivity contribution in [2.45, 2.75) is 122 Å². The summed E-state index contributed by atoms with van der Waals surface area (Å²) in [6.45, 7) is 10.6. The van der Waals surface area contributed by atoms with E-state index in [9.17, 15) is 24.3 Å². The molecule has 0 spiro atoms. The lowest BCUT2D eigenvalue weighted by atomic mass is 9.97. The van der Waals surface area contributed by atoms with E-state index in [4.69, 9.17) is 14.2 Å². The molecule has 4 amide bonds. The summed E-state index contributed by atoms with van der Waals surface area (Å²) in [4.78, 5) is 61.1. The maximum absolute atomic E-state index is 14.2. The number of carbonyl (C=O) groups excluding carboxylic acids is 4. The van der Waals surface area contributed by atoms with Crippen LogP contribution in [-0.4, -0.2) is 132 Å². The highest BCUT2D eigenvalue weighted by Crippen LogP contribution is 2.28. The second-order valence-corrected chi connectivity index (χ2v) is 16.3. The average molecular weight is 790 g/mol. The summed E-state index contributed by atoms with van der Waals surface area (Å²) in [5.74, 6) is -0.275. The van der Waals surface area contributed by atoms with Crippen LogP contribution < -0.4 is 5.32 Å². The monoisotopic (exact) mass is 789 g/mol. The molecule has 312 valence electrons. The fraction of sp³-hybridized carbons (Fsp3) is 0.636. The van der Waals surface area contributed by atoms with Crippen molar-refractivity contribution < 1.29 is 38.5 Å². The van der Waals surface area contributed by atoms with Gasteiger partial charge >= 0.3 is 18.1 Å². The number of rotatable bonds is 14. The number of anilines is 1. The van der Waals surface area contributed by atoms with Crippen molar-refractivity contribution in [1.29, 1.82) is 0 Å². The quantitative estimate of drug-likeness (QED) is 0.169. The van der Waals surface area contributed by atoms with Crippen molar-refractivity contribution in [2.24, 2.45) is 0 Å². The molecule has 2 N–H and O–H groups in total. The molecule has 2 aromatic carbocycles. The van der Waals surface area contributed by atoms with Crippen LogP contribution in [0.3, 0.4) is 0 Å². The van der Waals surface area contributed by atoms with Gasteiger partial charge in [-0.05, 0) is 93.5 Å². The number of piperidine rings is 3. The maximum atomic E-state index is 14.2. The molecule has 13 nitrogen and oxygen atoms in total. The number of likely N-dealkylation sites (tertiary alicyclic amines) is 3. The molecule has 2 aromatic rings. The van der Waals surface area contributed by atoms with Crippen LogP contribution in [0.5, 0.6) is 5.75 Å². The topological polar surface area (TPSA) is 141 Å². The molecule has 4 aliphatic heterocycles. The standard InChI is InChI=1S/C44H63N5O8/c1-4-5-6-9-26-55-40(50)30-56-37-17-23-46(24-18-37)35-13-19-47(20-14-35)42(52)39(29-33-27-31(2)41(51)32(3)28-33)57-44(54)48-21-15-36(16-22-48)49-25-12-34-10-7-8-11-38(34)45-43(49)53/h7-8,10-11,27-28,35-37,39,51H,4-6,9,12-26,29-30H2,1-3H3,(H,45,53)/t39-/m1/s1. The Hall–Kier alpha value is -4.36. The summed E-state index contributed by atoms with van der Waals surface area (Å²) in [6.07, 6.45) is 8.32. The van der Waals surface area contributed by atoms with Crippen molar-refractivity contribution in [1.82, 2.24) is 19.6 Å². The van der Waals surface area contributed by atoms with Gasteiger partial charge in [0.1, 0.15) is 12.4 Å². The summed E-state index contributed by atoms with van der Waals surface area (Å²) in [5.41, 5.74) is 4.20. The minimum atomic E-state index is -1.01. The van der Waals surface area contributed by atoms with E-state index in [-0.39, 0.29) is 48.8 Å². The SMILES string of the molecule is CCCCCCOC(=O)COC1CCN(C2CCN(C(=O)[C@@H](Cc3cc(C)c(O)c(C)c3)OC(=O)N3CCC(N4CCc5ccccc5NC4=O)CC3)CC2)CC1. The molecule has 0 saturated carbocycles. The van der Waals surface area contributed by atoms with Crippen LogP contribution in [0.2, 0.25) is 0 Å². The molecule has 0 bridgehead atoms. The zero-order chi connectivity index (χ0) is 40.3. The summed E-state index contributed by atoms with van der Waals surface area (Å²) in [7, 11) is 0. The van der Waals surface area contributed by atoms with Crippen molar-refractivity contribution in [3.8, 4) is 5.75 Å². The van der Waals surface area contributed by atoms with Crippen LogP contribution >= 0.6 is 0 Å². The van der Waals surface area contributed by atoms with Gasteiger partial charge in [0.15, 0.2) is 6.10 Å². The molecule has 0 radical (unpaired) electrons. The van der Waals surface area contributed by atoms with Crippen LogP contribution in [-0.2, 0) is 36.6 Å². The normalized spacial score (nSPS) is 19.4. The smallest absolute Gasteiger partial charge is 0.410 e. The number of unbranched alkanes of at least 4 members (excludes halogenated alkanes) is 3. The number of fused-ring (bicyclic) bond motifs is 1. The van der Waals surface area contributed by atoms with Gasteiger partial charge in [-0.3, -0.25) is 4.79 Å². The average Bonchev–Trinajstić information content (AvgIpc) is 3.39. The number of nitrogens with zero attached hydrogens (tertiary/aromatic N) is 4. The van der Waals surface area contributed by atoms with E-state index >= 15 is 0 Å². The second kappa shape index (κ2) is 20.4. The highest BCUT2D eigenvalue weighted by Gasteiger charge is 2.37. The number of phenols is 1. The van der Waals surface area contributed by atoms with Crippen molar-refractivity contribution >= 4 is 29.7 Å². The Kier molecular flexibility index (Phi) is 15.1. The van der Waals surface area contributed by atoms with E-state index in [2.05, 4.69) is 17.1 Å². The highest BCUT2D eigenvalue weighted by molar-refractivity contribution is 5.91. The summed E-state index contributed by atoms with van der Waals surface area (Å²) in [5, 5.41) is 13.5. The van der Waals surface area contributed by atoms with Gasteiger partial charge in [-0.15, -0.1) is 0 Å². The molecule has 3 saturated heterocycles. The molecule has 0 aromatic heterocycles. The van der Waals surface area contributed by atoms with Crippen molar-refractivity contribution in [3.63, 3.8) is 0 Å². The third-order valence-electron chi connectivity index (χ3n) is 12.3. The molecule has 4 heterocycles. The van der Waals surface area contributed by atoms with E-state index < -0.39 is 12.2 Å². The third kappa shape index (κ3) is 11.4. The zero-order valence-electron chi connectivity index (χ0n) is 34.2. The Bertz CT molecular complexity index is 1660. The third-order valence-corrected chi connectivity index (χ3v) is 12.3. The zero-order valence-corrected chi connectivity index (χ0v) is 34.2. The van der Waals surface area contributed by atoms with E-state index in [0.717, 1.165) is 87.7 Å². The van der Waals surface area contributed by atoms with E-state index in [1.807, 2.05) is 60.0 Å².